The number of anilines is 1. The Hall–Kier alpha value is -2.04. The second-order valence-electron chi connectivity index (χ2n) is 6.49. The molecule has 0 bridgehead atoms. The Kier molecular flexibility index (Phi) is 8.78. The molecule has 7 nitrogen and oxygen atoms in total. The molecule has 172 valence electrons. The van der Waals surface area contributed by atoms with E-state index in [0.717, 1.165) is 11.0 Å². The van der Waals surface area contributed by atoms with Crippen LogP contribution in [0.15, 0.2) is 59.3 Å². The zero-order valence-electron chi connectivity index (χ0n) is 17.0. The highest BCUT2D eigenvalue weighted by molar-refractivity contribution is 7.94. The second-order valence-corrected chi connectivity index (χ2v) is 11.2. The lowest BCUT2D eigenvalue weighted by Gasteiger charge is -2.28. The van der Waals surface area contributed by atoms with Crippen LogP contribution < -0.4 is 20.7 Å². The Labute approximate surface area is 207 Å². The monoisotopic (exact) mass is 535 g/mol. The van der Waals surface area contributed by atoms with Crippen LogP contribution in [0, 0.1) is 6.92 Å². The van der Waals surface area contributed by atoms with Crippen molar-refractivity contribution in [2.24, 2.45) is 0 Å². The fourth-order valence-corrected chi connectivity index (χ4v) is 3.73. The van der Waals surface area contributed by atoms with Gasteiger partial charge in [0, 0.05) is 17.0 Å². The first-order valence-electron chi connectivity index (χ1n) is 8.94. The standard InChI is InChI=1S/C20H20Cl3N3O4S2/c1-4-32(28,29)14-9-10-15(16(11-14)30-3)24-19(31)26-18(20(21,22)23)25-17(27)13-7-5-12(2)6-8-13/h4-11,18H,1H2,2-3H3,(H,25,27)(H2,24,26,31)/t18-/m1/s1. The number of benzene rings is 2. The molecule has 0 fully saturated rings. The van der Waals surface area contributed by atoms with Gasteiger partial charge in [-0.2, -0.15) is 0 Å². The highest BCUT2D eigenvalue weighted by atomic mass is 35.6. The van der Waals surface area contributed by atoms with Crippen LogP contribution >= 0.6 is 47.0 Å². The maximum Gasteiger partial charge on any atom is 0.252 e. The van der Waals surface area contributed by atoms with E-state index in [2.05, 4.69) is 22.5 Å². The minimum Gasteiger partial charge on any atom is -0.495 e. The number of ether oxygens (including phenoxy) is 1. The van der Waals surface area contributed by atoms with Crippen molar-refractivity contribution in [1.29, 1.82) is 0 Å². The van der Waals surface area contributed by atoms with Crippen molar-refractivity contribution in [2.45, 2.75) is 21.8 Å². The molecule has 3 N–H and O–H groups in total. The maximum atomic E-state index is 12.5. The highest BCUT2D eigenvalue weighted by Crippen LogP contribution is 2.31. The van der Waals surface area contributed by atoms with Crippen molar-refractivity contribution in [2.75, 3.05) is 12.4 Å². The number of sulfone groups is 1. The molecule has 0 radical (unpaired) electrons. The predicted molar refractivity (Wildman–Crippen MR) is 132 cm³/mol. The molecule has 1 amide bonds. The molecule has 32 heavy (non-hydrogen) atoms. The van der Waals surface area contributed by atoms with Crippen molar-refractivity contribution in [3.63, 3.8) is 0 Å². The molecular formula is C20H20Cl3N3O4S2. The van der Waals surface area contributed by atoms with Crippen molar-refractivity contribution >= 4 is 73.6 Å². The van der Waals surface area contributed by atoms with Gasteiger partial charge in [-0.05, 0) is 43.4 Å². The largest absolute Gasteiger partial charge is 0.495 e. The molecule has 0 heterocycles. The maximum absolute atomic E-state index is 12.5. The summed E-state index contributed by atoms with van der Waals surface area (Å²) < 4.78 is 27.2. The fraction of sp³-hybridized carbons (Fsp3) is 0.200. The van der Waals surface area contributed by atoms with Crippen LogP contribution in [0.1, 0.15) is 15.9 Å². The third kappa shape index (κ3) is 6.98. The first kappa shape index (κ1) is 26.2. The van der Waals surface area contributed by atoms with Gasteiger partial charge in [0.2, 0.25) is 3.79 Å². The Balaban J connectivity index is 2.18. The van der Waals surface area contributed by atoms with Gasteiger partial charge in [-0.15, -0.1) is 0 Å². The number of hydrogen-bond donors (Lipinski definition) is 3. The molecule has 0 spiro atoms. The third-order valence-electron chi connectivity index (χ3n) is 4.16. The number of halogens is 3. The smallest absolute Gasteiger partial charge is 0.252 e. The van der Waals surface area contributed by atoms with Crippen molar-refractivity contribution < 1.29 is 17.9 Å². The van der Waals surface area contributed by atoms with Crippen molar-refractivity contribution in [1.82, 2.24) is 10.6 Å². The van der Waals surface area contributed by atoms with E-state index in [4.69, 9.17) is 51.8 Å². The molecule has 2 rings (SSSR count). The summed E-state index contributed by atoms with van der Waals surface area (Å²) in [7, 11) is -2.28. The van der Waals surface area contributed by atoms with Gasteiger partial charge < -0.3 is 20.7 Å². The van der Waals surface area contributed by atoms with Gasteiger partial charge in [-0.3, -0.25) is 4.79 Å². The normalized spacial score (nSPS) is 12.4. The number of aryl methyl sites for hydroxylation is 1. The Morgan fingerprint density at radius 3 is 2.31 bits per heavy atom. The van der Waals surface area contributed by atoms with Gasteiger partial charge in [0.15, 0.2) is 14.9 Å². The van der Waals surface area contributed by atoms with E-state index >= 15 is 0 Å². The first-order valence-corrected chi connectivity index (χ1v) is 12.0. The first-order chi connectivity index (χ1) is 14.9. The summed E-state index contributed by atoms with van der Waals surface area (Å²) in [5, 5.41) is 8.96. The van der Waals surface area contributed by atoms with E-state index in [1.807, 2.05) is 6.92 Å². The zero-order chi connectivity index (χ0) is 24.1. The number of methoxy groups -OCH3 is 1. The number of nitrogens with one attached hydrogen (secondary N) is 3. The quantitative estimate of drug-likeness (QED) is 0.275. The van der Waals surface area contributed by atoms with E-state index in [1.165, 1.54) is 25.3 Å². The Morgan fingerprint density at radius 1 is 1.16 bits per heavy atom. The van der Waals surface area contributed by atoms with Gasteiger partial charge in [0.1, 0.15) is 11.9 Å². The number of rotatable bonds is 7. The summed E-state index contributed by atoms with van der Waals surface area (Å²) in [5.41, 5.74) is 1.71. The Bertz CT molecular complexity index is 1120. The minimum atomic E-state index is -3.65. The third-order valence-corrected chi connectivity index (χ3v) is 6.39. The second kappa shape index (κ2) is 10.7. The molecule has 1 atom stereocenters. The molecule has 0 aromatic heterocycles. The van der Waals surface area contributed by atoms with Crippen LogP contribution in [0.5, 0.6) is 5.75 Å². The summed E-state index contributed by atoms with van der Waals surface area (Å²) in [6, 6.07) is 11.0. The van der Waals surface area contributed by atoms with Crippen molar-refractivity contribution in [3.05, 3.63) is 65.6 Å². The lowest BCUT2D eigenvalue weighted by molar-refractivity contribution is 0.0934. The number of carbonyl (C=O) groups is 1. The van der Waals surface area contributed by atoms with Gasteiger partial charge >= 0.3 is 0 Å². The molecule has 0 saturated heterocycles. The molecule has 0 aliphatic heterocycles. The number of thiocarbonyl (C=S) groups is 1. The highest BCUT2D eigenvalue weighted by Gasteiger charge is 2.35. The average molecular weight is 537 g/mol. The average Bonchev–Trinajstić information content (AvgIpc) is 2.73. The van der Waals surface area contributed by atoms with Crippen LogP contribution in [-0.2, 0) is 9.84 Å². The van der Waals surface area contributed by atoms with Crippen LogP contribution in [0.4, 0.5) is 5.69 Å². The summed E-state index contributed by atoms with van der Waals surface area (Å²) >= 11 is 23.3. The number of amides is 1. The summed E-state index contributed by atoms with van der Waals surface area (Å²) in [6.07, 6.45) is -1.19. The molecule has 0 unspecified atom stereocenters. The van der Waals surface area contributed by atoms with Crippen LogP contribution in [0.25, 0.3) is 0 Å². The van der Waals surface area contributed by atoms with Crippen LogP contribution in [0.2, 0.25) is 0 Å². The summed E-state index contributed by atoms with van der Waals surface area (Å²) in [4.78, 5) is 12.5. The Morgan fingerprint density at radius 2 is 1.78 bits per heavy atom. The molecule has 2 aromatic carbocycles. The van der Waals surface area contributed by atoms with Gasteiger partial charge in [-0.25, -0.2) is 8.42 Å². The lowest BCUT2D eigenvalue weighted by atomic mass is 10.1. The van der Waals surface area contributed by atoms with Gasteiger partial charge in [0.25, 0.3) is 5.91 Å². The van der Waals surface area contributed by atoms with Crippen molar-refractivity contribution in [3.8, 4) is 5.75 Å². The van der Waals surface area contributed by atoms with Crippen LogP contribution in [0.3, 0.4) is 0 Å². The number of alkyl halides is 3. The molecular weight excluding hydrogens is 517 g/mol. The van der Waals surface area contributed by atoms with Gasteiger partial charge in [0.05, 0.1) is 17.7 Å². The zero-order valence-corrected chi connectivity index (χ0v) is 20.9. The fourth-order valence-electron chi connectivity index (χ4n) is 2.46. The predicted octanol–water partition coefficient (Wildman–Crippen LogP) is 4.33. The van der Waals surface area contributed by atoms with E-state index in [9.17, 15) is 13.2 Å². The van der Waals surface area contributed by atoms with Gasteiger partial charge in [-0.1, -0.05) is 59.1 Å². The molecule has 2 aromatic rings. The van der Waals surface area contributed by atoms with E-state index in [0.29, 0.717) is 11.3 Å². The van der Waals surface area contributed by atoms with E-state index in [1.54, 1.807) is 24.3 Å². The van der Waals surface area contributed by atoms with E-state index < -0.39 is 25.7 Å². The topological polar surface area (TPSA) is 96.5 Å². The SMILES string of the molecule is C=CS(=O)(=O)c1ccc(NC(=S)N[C@@H](NC(=O)c2ccc(C)cc2)C(Cl)(Cl)Cl)c(OC)c1. The molecule has 12 heteroatoms. The molecule has 0 aliphatic rings. The van der Waals surface area contributed by atoms with Crippen LogP contribution in [-0.4, -0.2) is 36.5 Å². The lowest BCUT2D eigenvalue weighted by Crippen LogP contribution is -2.56. The minimum absolute atomic E-state index is 0.00157. The molecule has 0 saturated carbocycles. The molecule has 0 aliphatic carbocycles. The summed E-state index contributed by atoms with van der Waals surface area (Å²) in [5.74, 6) is -0.278. The summed E-state index contributed by atoms with van der Waals surface area (Å²) in [6.45, 7) is 5.19. The van der Waals surface area contributed by atoms with E-state index in [-0.39, 0.29) is 15.8 Å². The number of carbonyl (C=O) groups excluding carboxylic acids is 1. The number of hydrogen-bond acceptors (Lipinski definition) is 5.